The normalized spacial score (nSPS) is 11.2. The Morgan fingerprint density at radius 2 is 1.82 bits per heavy atom. The molecule has 0 spiro atoms. The van der Waals surface area contributed by atoms with Crippen molar-refractivity contribution in [3.8, 4) is 0 Å². The predicted octanol–water partition coefficient (Wildman–Crippen LogP) is 1.10. The summed E-state index contributed by atoms with van der Waals surface area (Å²) in [5.41, 5.74) is 1.19. The summed E-state index contributed by atoms with van der Waals surface area (Å²) in [5.74, 6) is -0.909. The van der Waals surface area contributed by atoms with E-state index in [1.165, 1.54) is 4.31 Å². The van der Waals surface area contributed by atoms with Gasteiger partial charge in [0, 0.05) is 6.54 Å². The second-order valence-electron chi connectivity index (χ2n) is 3.66. The Bertz CT molecular complexity index is 493. The molecule has 1 rings (SSSR count). The van der Waals surface area contributed by atoms with Crippen molar-refractivity contribution < 1.29 is 18.3 Å². The third-order valence-electron chi connectivity index (χ3n) is 2.27. The monoisotopic (exact) mass is 257 g/mol. The highest BCUT2D eigenvalue weighted by Crippen LogP contribution is 2.18. The summed E-state index contributed by atoms with van der Waals surface area (Å²) < 4.78 is 24.2. The van der Waals surface area contributed by atoms with E-state index in [0.29, 0.717) is 17.8 Å². The maximum atomic E-state index is 11.5. The molecule has 1 N–H and O–H groups in total. The van der Waals surface area contributed by atoms with Crippen LogP contribution in [0.3, 0.4) is 0 Å². The predicted molar refractivity (Wildman–Crippen MR) is 65.6 cm³/mol. The van der Waals surface area contributed by atoms with Gasteiger partial charge in [-0.15, -0.1) is 0 Å². The van der Waals surface area contributed by atoms with Crippen molar-refractivity contribution in [2.45, 2.75) is 13.3 Å². The molecule has 0 fully saturated rings. The first-order chi connectivity index (χ1) is 7.84. The lowest BCUT2D eigenvalue weighted by atomic mass is 10.1. The number of sulfonamides is 1. The molecule has 0 amide bonds. The Labute approximate surface area is 101 Å². The molecule has 0 bridgehead atoms. The van der Waals surface area contributed by atoms with Crippen molar-refractivity contribution in [1.29, 1.82) is 0 Å². The minimum absolute atomic E-state index is 0.0642. The van der Waals surface area contributed by atoms with E-state index in [9.17, 15) is 13.2 Å². The van der Waals surface area contributed by atoms with Gasteiger partial charge in [-0.1, -0.05) is 12.1 Å². The van der Waals surface area contributed by atoms with Crippen molar-refractivity contribution in [3.05, 3.63) is 29.8 Å². The summed E-state index contributed by atoms with van der Waals surface area (Å²) in [6.07, 6.45) is 1.08. The minimum atomic E-state index is -3.29. The Kier molecular flexibility index (Phi) is 4.11. The highest BCUT2D eigenvalue weighted by atomic mass is 32.2. The van der Waals surface area contributed by atoms with Gasteiger partial charge >= 0.3 is 5.97 Å². The van der Waals surface area contributed by atoms with E-state index in [1.807, 2.05) is 0 Å². The molecule has 1 aromatic rings. The van der Waals surface area contributed by atoms with Gasteiger partial charge < -0.3 is 5.11 Å². The SMILES string of the molecule is CCN(c1ccc(CC(=O)O)cc1)S(C)(=O)=O. The van der Waals surface area contributed by atoms with Gasteiger partial charge in [0.2, 0.25) is 10.0 Å². The van der Waals surface area contributed by atoms with Crippen LogP contribution in [0.25, 0.3) is 0 Å². The lowest BCUT2D eigenvalue weighted by Crippen LogP contribution is -2.29. The molecule has 0 atom stereocenters. The van der Waals surface area contributed by atoms with Crippen LogP contribution in [0.5, 0.6) is 0 Å². The molecular weight excluding hydrogens is 242 g/mol. The Hall–Kier alpha value is -1.56. The molecule has 94 valence electrons. The summed E-state index contributed by atoms with van der Waals surface area (Å²) in [6, 6.07) is 6.47. The first-order valence-corrected chi connectivity index (χ1v) is 6.98. The molecule has 0 aliphatic rings. The van der Waals surface area contributed by atoms with Gasteiger partial charge in [-0.25, -0.2) is 8.42 Å². The standard InChI is InChI=1S/C11H15NO4S/c1-3-12(17(2,15)16)10-6-4-9(5-7-10)8-11(13)14/h4-7H,3,8H2,1-2H3,(H,13,14). The van der Waals surface area contributed by atoms with E-state index in [-0.39, 0.29) is 6.42 Å². The molecule has 0 radical (unpaired) electrons. The van der Waals surface area contributed by atoms with E-state index in [0.717, 1.165) is 6.26 Å². The first kappa shape index (κ1) is 13.5. The molecule has 0 aromatic heterocycles. The Balaban J connectivity index is 2.97. The molecule has 0 heterocycles. The van der Waals surface area contributed by atoms with Crippen LogP contribution < -0.4 is 4.31 Å². The number of hydrogen-bond donors (Lipinski definition) is 1. The third kappa shape index (κ3) is 3.74. The number of nitrogens with zero attached hydrogens (tertiary/aromatic N) is 1. The van der Waals surface area contributed by atoms with Gasteiger partial charge in [-0.2, -0.15) is 0 Å². The number of hydrogen-bond acceptors (Lipinski definition) is 3. The van der Waals surface area contributed by atoms with Crippen LogP contribution in [-0.2, 0) is 21.2 Å². The van der Waals surface area contributed by atoms with Gasteiger partial charge in [0.15, 0.2) is 0 Å². The lowest BCUT2D eigenvalue weighted by Gasteiger charge is -2.20. The summed E-state index contributed by atoms with van der Waals surface area (Å²) in [4.78, 5) is 10.5. The third-order valence-corrected chi connectivity index (χ3v) is 3.54. The van der Waals surface area contributed by atoms with Gasteiger partial charge in [0.1, 0.15) is 0 Å². The van der Waals surface area contributed by atoms with Gasteiger partial charge in [-0.05, 0) is 24.6 Å². The summed E-state index contributed by atoms with van der Waals surface area (Å²) in [7, 11) is -3.29. The van der Waals surface area contributed by atoms with Gasteiger partial charge in [0.05, 0.1) is 18.4 Å². The number of carbonyl (C=O) groups is 1. The molecule has 0 saturated heterocycles. The largest absolute Gasteiger partial charge is 0.481 e. The Morgan fingerprint density at radius 1 is 1.29 bits per heavy atom. The maximum absolute atomic E-state index is 11.5. The fourth-order valence-electron chi connectivity index (χ4n) is 1.56. The number of anilines is 1. The van der Waals surface area contributed by atoms with Crippen molar-refractivity contribution in [2.24, 2.45) is 0 Å². The summed E-state index contributed by atoms with van der Waals surface area (Å²) >= 11 is 0. The van der Waals surface area contributed by atoms with E-state index >= 15 is 0 Å². The average molecular weight is 257 g/mol. The Morgan fingerprint density at radius 3 is 2.18 bits per heavy atom. The molecule has 0 saturated carbocycles. The smallest absolute Gasteiger partial charge is 0.307 e. The van der Waals surface area contributed by atoms with Gasteiger partial charge in [0.25, 0.3) is 0 Å². The quantitative estimate of drug-likeness (QED) is 0.857. The molecule has 0 aliphatic heterocycles. The van der Waals surface area contributed by atoms with Crippen molar-refractivity contribution >= 4 is 21.7 Å². The van der Waals surface area contributed by atoms with Crippen LogP contribution in [0.4, 0.5) is 5.69 Å². The summed E-state index contributed by atoms with van der Waals surface area (Å²) in [5, 5.41) is 8.61. The number of carboxylic acids is 1. The average Bonchev–Trinajstić information content (AvgIpc) is 2.18. The molecule has 5 nitrogen and oxygen atoms in total. The van der Waals surface area contributed by atoms with E-state index < -0.39 is 16.0 Å². The van der Waals surface area contributed by atoms with Crippen molar-refractivity contribution in [3.63, 3.8) is 0 Å². The first-order valence-electron chi connectivity index (χ1n) is 5.13. The van der Waals surface area contributed by atoms with Crippen LogP contribution >= 0.6 is 0 Å². The second kappa shape index (κ2) is 5.18. The van der Waals surface area contributed by atoms with Crippen LogP contribution in [0.1, 0.15) is 12.5 Å². The maximum Gasteiger partial charge on any atom is 0.307 e. The highest BCUT2D eigenvalue weighted by molar-refractivity contribution is 7.92. The zero-order chi connectivity index (χ0) is 13.1. The zero-order valence-corrected chi connectivity index (χ0v) is 10.6. The van der Waals surface area contributed by atoms with Crippen LogP contribution in [0.2, 0.25) is 0 Å². The molecule has 1 aromatic carbocycles. The van der Waals surface area contributed by atoms with Crippen molar-refractivity contribution in [1.82, 2.24) is 0 Å². The second-order valence-corrected chi connectivity index (χ2v) is 5.57. The number of carboxylic acid groups (broad SMARTS) is 1. The zero-order valence-electron chi connectivity index (χ0n) is 9.75. The molecule has 17 heavy (non-hydrogen) atoms. The molecule has 6 heteroatoms. The topological polar surface area (TPSA) is 74.7 Å². The number of aliphatic carboxylic acids is 1. The summed E-state index contributed by atoms with van der Waals surface area (Å²) in [6.45, 7) is 2.09. The van der Waals surface area contributed by atoms with Crippen LogP contribution in [0, 0.1) is 0 Å². The van der Waals surface area contributed by atoms with Gasteiger partial charge in [-0.3, -0.25) is 9.10 Å². The van der Waals surface area contributed by atoms with E-state index in [4.69, 9.17) is 5.11 Å². The number of benzene rings is 1. The van der Waals surface area contributed by atoms with E-state index in [1.54, 1.807) is 31.2 Å². The molecule has 0 unspecified atom stereocenters. The van der Waals surface area contributed by atoms with Crippen LogP contribution in [-0.4, -0.2) is 32.3 Å². The molecule has 0 aliphatic carbocycles. The van der Waals surface area contributed by atoms with Crippen molar-refractivity contribution in [2.75, 3.05) is 17.1 Å². The lowest BCUT2D eigenvalue weighted by molar-refractivity contribution is -0.136. The molecular formula is C11H15NO4S. The van der Waals surface area contributed by atoms with Crippen LogP contribution in [0.15, 0.2) is 24.3 Å². The fourth-order valence-corrected chi connectivity index (χ4v) is 2.54. The fraction of sp³-hybridized carbons (Fsp3) is 0.364. The highest BCUT2D eigenvalue weighted by Gasteiger charge is 2.14. The minimum Gasteiger partial charge on any atom is -0.481 e. The van der Waals surface area contributed by atoms with E-state index in [2.05, 4.69) is 0 Å². The number of rotatable bonds is 5.